The van der Waals surface area contributed by atoms with Crippen LogP contribution in [0.1, 0.15) is 25.7 Å². The number of carboxylic acid groups (broad SMARTS) is 1. The lowest BCUT2D eigenvalue weighted by Gasteiger charge is -2.28. The van der Waals surface area contributed by atoms with E-state index in [1.54, 1.807) is 0 Å². The molecule has 1 aromatic carbocycles. The van der Waals surface area contributed by atoms with Crippen molar-refractivity contribution < 1.29 is 23.2 Å². The van der Waals surface area contributed by atoms with Crippen LogP contribution in [0.4, 0.5) is 5.69 Å². The summed E-state index contributed by atoms with van der Waals surface area (Å²) in [6, 6.07) is 3.21. The zero-order valence-electron chi connectivity index (χ0n) is 12.6. The molecule has 2 atom stereocenters. The highest BCUT2D eigenvalue weighted by molar-refractivity contribution is 7.89. The molecule has 0 radical (unpaired) electrons. The molecule has 0 amide bonds. The molecular formula is C14H17ClN2O6S. The van der Waals surface area contributed by atoms with Gasteiger partial charge in [-0.25, -0.2) is 13.1 Å². The minimum atomic E-state index is -3.99. The fourth-order valence-electron chi connectivity index (χ4n) is 2.88. The zero-order chi connectivity index (χ0) is 17.9. The summed E-state index contributed by atoms with van der Waals surface area (Å²) in [6.45, 7) is -0.0181. The van der Waals surface area contributed by atoms with Crippen LogP contribution in [0.25, 0.3) is 0 Å². The minimum absolute atomic E-state index is 0.0181. The largest absolute Gasteiger partial charge is 0.481 e. The summed E-state index contributed by atoms with van der Waals surface area (Å²) < 4.78 is 27.0. The van der Waals surface area contributed by atoms with Crippen molar-refractivity contribution in [2.24, 2.45) is 11.8 Å². The molecule has 2 rings (SSSR count). The van der Waals surface area contributed by atoms with Crippen LogP contribution in [0.3, 0.4) is 0 Å². The minimum Gasteiger partial charge on any atom is -0.481 e. The van der Waals surface area contributed by atoms with Crippen LogP contribution in [0.2, 0.25) is 5.02 Å². The van der Waals surface area contributed by atoms with Crippen LogP contribution < -0.4 is 4.72 Å². The van der Waals surface area contributed by atoms with Gasteiger partial charge in [0.05, 0.1) is 15.7 Å². The van der Waals surface area contributed by atoms with Gasteiger partial charge in [0.25, 0.3) is 5.69 Å². The molecule has 1 aromatic rings. The highest BCUT2D eigenvalue weighted by atomic mass is 35.5. The molecule has 1 fully saturated rings. The van der Waals surface area contributed by atoms with Gasteiger partial charge in [-0.05, 0) is 30.9 Å². The van der Waals surface area contributed by atoms with Crippen molar-refractivity contribution in [3.8, 4) is 0 Å². The average molecular weight is 377 g/mol. The number of nitro benzene ring substituents is 1. The van der Waals surface area contributed by atoms with Crippen molar-refractivity contribution in [2.45, 2.75) is 30.6 Å². The Balaban J connectivity index is 2.15. The molecule has 0 aliphatic heterocycles. The first-order chi connectivity index (χ1) is 11.2. The Bertz CT molecular complexity index is 752. The van der Waals surface area contributed by atoms with E-state index in [2.05, 4.69) is 4.72 Å². The Morgan fingerprint density at radius 3 is 2.67 bits per heavy atom. The maximum absolute atomic E-state index is 12.3. The fourth-order valence-corrected chi connectivity index (χ4v) is 4.18. The molecule has 1 aliphatic carbocycles. The SMILES string of the molecule is O=C(O)[C@H]1CCCC[C@H]1CNS(=O)(=O)c1ccc(Cl)c([N+](=O)[O-])c1. The molecule has 1 aliphatic rings. The van der Waals surface area contributed by atoms with Crippen LogP contribution >= 0.6 is 11.6 Å². The lowest BCUT2D eigenvalue weighted by molar-refractivity contribution is -0.384. The van der Waals surface area contributed by atoms with Gasteiger partial charge in [-0.15, -0.1) is 0 Å². The molecule has 0 saturated heterocycles. The molecule has 0 bridgehead atoms. The van der Waals surface area contributed by atoms with Gasteiger partial charge in [-0.2, -0.15) is 0 Å². The smallest absolute Gasteiger partial charge is 0.306 e. The van der Waals surface area contributed by atoms with E-state index < -0.39 is 32.5 Å². The molecule has 2 N–H and O–H groups in total. The van der Waals surface area contributed by atoms with Crippen molar-refractivity contribution in [1.82, 2.24) is 4.72 Å². The van der Waals surface area contributed by atoms with E-state index in [0.29, 0.717) is 12.8 Å². The van der Waals surface area contributed by atoms with E-state index in [1.165, 1.54) is 6.07 Å². The lowest BCUT2D eigenvalue weighted by atomic mass is 9.79. The number of hydrogen-bond donors (Lipinski definition) is 2. The number of nitro groups is 1. The first-order valence-electron chi connectivity index (χ1n) is 7.39. The van der Waals surface area contributed by atoms with Crippen molar-refractivity contribution >= 4 is 33.3 Å². The number of nitrogens with one attached hydrogen (secondary N) is 1. The zero-order valence-corrected chi connectivity index (χ0v) is 14.2. The van der Waals surface area contributed by atoms with Gasteiger partial charge >= 0.3 is 5.97 Å². The maximum Gasteiger partial charge on any atom is 0.306 e. The van der Waals surface area contributed by atoms with Gasteiger partial charge in [0.1, 0.15) is 5.02 Å². The van der Waals surface area contributed by atoms with Gasteiger partial charge in [-0.3, -0.25) is 14.9 Å². The molecule has 1 saturated carbocycles. The van der Waals surface area contributed by atoms with E-state index in [0.717, 1.165) is 25.0 Å². The van der Waals surface area contributed by atoms with E-state index in [-0.39, 0.29) is 22.4 Å². The number of hydrogen-bond acceptors (Lipinski definition) is 5. The number of aliphatic carboxylic acids is 1. The molecule has 0 spiro atoms. The molecule has 8 nitrogen and oxygen atoms in total. The Morgan fingerprint density at radius 2 is 2.04 bits per heavy atom. The second kappa shape index (κ2) is 7.45. The predicted octanol–water partition coefficient (Wildman–Crippen LogP) is 2.42. The standard InChI is InChI=1S/C14H17ClN2O6S/c15-12-6-5-10(7-13(12)17(20)21)24(22,23)16-8-9-3-1-2-4-11(9)14(18)19/h5-7,9,11,16H,1-4,8H2,(H,18,19)/t9-,11-/m0/s1. The van der Waals surface area contributed by atoms with Crippen molar-refractivity contribution in [2.75, 3.05) is 6.54 Å². The first kappa shape index (κ1) is 18.6. The third-order valence-electron chi connectivity index (χ3n) is 4.19. The Morgan fingerprint density at radius 1 is 1.38 bits per heavy atom. The topological polar surface area (TPSA) is 127 Å². The molecule has 10 heteroatoms. The van der Waals surface area contributed by atoms with Crippen LogP contribution in [-0.4, -0.2) is 31.0 Å². The molecule has 0 heterocycles. The summed E-state index contributed by atoms with van der Waals surface area (Å²) in [5.74, 6) is -1.81. The summed E-state index contributed by atoms with van der Waals surface area (Å²) >= 11 is 5.67. The quantitative estimate of drug-likeness (QED) is 0.579. The summed E-state index contributed by atoms with van der Waals surface area (Å²) in [6.07, 6.45) is 2.81. The van der Waals surface area contributed by atoms with Crippen molar-refractivity contribution in [3.05, 3.63) is 33.3 Å². The molecule has 24 heavy (non-hydrogen) atoms. The molecular weight excluding hydrogens is 360 g/mol. The first-order valence-corrected chi connectivity index (χ1v) is 9.25. The van der Waals surface area contributed by atoms with Crippen molar-refractivity contribution in [1.29, 1.82) is 0 Å². The highest BCUT2D eigenvalue weighted by Crippen LogP contribution is 2.31. The third-order valence-corrected chi connectivity index (χ3v) is 5.93. The van der Waals surface area contributed by atoms with Crippen LogP contribution in [-0.2, 0) is 14.8 Å². The summed E-state index contributed by atoms with van der Waals surface area (Å²) in [5, 5.41) is 19.9. The van der Waals surface area contributed by atoms with Crippen molar-refractivity contribution in [3.63, 3.8) is 0 Å². The number of carboxylic acids is 1. The Labute approximate surface area is 144 Å². The molecule has 0 unspecified atom stereocenters. The molecule has 132 valence electrons. The van der Waals surface area contributed by atoms with Crippen LogP contribution in [0.15, 0.2) is 23.1 Å². The number of sulfonamides is 1. The third kappa shape index (κ3) is 4.22. The van der Waals surface area contributed by atoms with E-state index >= 15 is 0 Å². The van der Waals surface area contributed by atoms with Crippen LogP contribution in [0, 0.1) is 22.0 Å². The summed E-state index contributed by atoms with van der Waals surface area (Å²) in [4.78, 5) is 21.1. The van der Waals surface area contributed by atoms with Gasteiger partial charge in [0.2, 0.25) is 10.0 Å². The number of benzene rings is 1. The van der Waals surface area contributed by atoms with E-state index in [9.17, 15) is 28.4 Å². The number of nitrogens with zero attached hydrogens (tertiary/aromatic N) is 1. The van der Waals surface area contributed by atoms with Gasteiger partial charge in [0.15, 0.2) is 0 Å². The predicted molar refractivity (Wildman–Crippen MR) is 86.4 cm³/mol. The number of carbonyl (C=O) groups is 1. The number of rotatable bonds is 6. The summed E-state index contributed by atoms with van der Waals surface area (Å²) in [7, 11) is -3.99. The second-order valence-corrected chi connectivity index (χ2v) is 7.89. The normalized spacial score (nSPS) is 21.4. The average Bonchev–Trinajstić information content (AvgIpc) is 2.53. The van der Waals surface area contributed by atoms with Crippen LogP contribution in [0.5, 0.6) is 0 Å². The maximum atomic E-state index is 12.3. The molecule has 0 aromatic heterocycles. The monoisotopic (exact) mass is 376 g/mol. The lowest BCUT2D eigenvalue weighted by Crippen LogP contribution is -2.37. The van der Waals surface area contributed by atoms with Gasteiger partial charge < -0.3 is 5.11 Å². The van der Waals surface area contributed by atoms with Gasteiger partial charge in [-0.1, -0.05) is 24.4 Å². The Kier molecular flexibility index (Phi) is 5.79. The highest BCUT2D eigenvalue weighted by Gasteiger charge is 2.32. The van der Waals surface area contributed by atoms with E-state index in [4.69, 9.17) is 11.6 Å². The summed E-state index contributed by atoms with van der Waals surface area (Å²) in [5.41, 5.74) is -0.499. The fraction of sp³-hybridized carbons (Fsp3) is 0.500. The number of halogens is 1. The second-order valence-electron chi connectivity index (χ2n) is 5.71. The van der Waals surface area contributed by atoms with Gasteiger partial charge in [0, 0.05) is 12.6 Å². The van der Waals surface area contributed by atoms with E-state index in [1.807, 2.05) is 0 Å². The Hall–Kier alpha value is -1.71.